The van der Waals surface area contributed by atoms with Crippen molar-refractivity contribution in [2.24, 2.45) is 0 Å². The number of carbonyl (C=O) groups excluding carboxylic acids is 3. The predicted octanol–water partition coefficient (Wildman–Crippen LogP) is 4.23. The van der Waals surface area contributed by atoms with E-state index < -0.39 is 5.91 Å². The Morgan fingerprint density at radius 2 is 1.79 bits per heavy atom. The maximum atomic E-state index is 12.6. The predicted molar refractivity (Wildman–Crippen MR) is 112 cm³/mol. The molecule has 0 aliphatic heterocycles. The third-order valence-corrected chi connectivity index (χ3v) is 5.05. The molecule has 2 amide bonds. The molecule has 0 bridgehead atoms. The lowest BCUT2D eigenvalue weighted by molar-refractivity contribution is -0.118. The third-order valence-electron chi connectivity index (χ3n) is 4.82. The Hall–Kier alpha value is -2.86. The molecule has 2 aromatic rings. The Morgan fingerprint density at radius 1 is 1.07 bits per heavy atom. The zero-order chi connectivity index (χ0) is 20.8. The van der Waals surface area contributed by atoms with E-state index in [-0.39, 0.29) is 30.1 Å². The number of rotatable bonds is 7. The molecule has 2 aromatic carbocycles. The zero-order valence-corrected chi connectivity index (χ0v) is 16.9. The van der Waals surface area contributed by atoms with Crippen molar-refractivity contribution >= 4 is 34.9 Å². The van der Waals surface area contributed by atoms with Crippen LogP contribution in [-0.4, -0.2) is 30.2 Å². The molecule has 2 N–H and O–H groups in total. The van der Waals surface area contributed by atoms with Gasteiger partial charge in [-0.2, -0.15) is 0 Å². The summed E-state index contributed by atoms with van der Waals surface area (Å²) in [4.78, 5) is 36.7. The number of Topliss-reactive ketones (excluding diaryl/α,β-unsaturated/α-hetero) is 1. The monoisotopic (exact) mass is 414 g/mol. The number of anilines is 1. The number of amides is 2. The minimum absolute atomic E-state index is 0.185. The largest absolute Gasteiger partial charge is 0.483 e. The summed E-state index contributed by atoms with van der Waals surface area (Å²) in [5.41, 5.74) is 1.13. The first kappa shape index (κ1) is 20.9. The highest BCUT2D eigenvalue weighted by Gasteiger charge is 2.20. The quantitative estimate of drug-likeness (QED) is 0.664. The summed E-state index contributed by atoms with van der Waals surface area (Å²) in [6.45, 7) is 1.10. The number of ether oxygens (including phenoxy) is 1. The fraction of sp³-hybridized carbons (Fsp3) is 0.318. The average Bonchev–Trinajstić information content (AvgIpc) is 3.20. The molecule has 1 saturated carbocycles. The zero-order valence-electron chi connectivity index (χ0n) is 16.2. The molecule has 0 aromatic heterocycles. The van der Waals surface area contributed by atoms with Crippen LogP contribution in [0.15, 0.2) is 42.5 Å². The molecule has 6 nitrogen and oxygen atoms in total. The van der Waals surface area contributed by atoms with Gasteiger partial charge in [0.25, 0.3) is 11.8 Å². The summed E-state index contributed by atoms with van der Waals surface area (Å²) in [5.74, 6) is -0.568. The maximum Gasteiger partial charge on any atom is 0.262 e. The van der Waals surface area contributed by atoms with Gasteiger partial charge >= 0.3 is 0 Å². The topological polar surface area (TPSA) is 84.5 Å². The van der Waals surface area contributed by atoms with Gasteiger partial charge in [0, 0.05) is 11.1 Å². The van der Waals surface area contributed by atoms with E-state index in [0.717, 1.165) is 25.7 Å². The normalized spacial score (nSPS) is 13.7. The smallest absolute Gasteiger partial charge is 0.262 e. The van der Waals surface area contributed by atoms with Gasteiger partial charge in [0.05, 0.1) is 16.8 Å². The van der Waals surface area contributed by atoms with Crippen molar-refractivity contribution in [3.8, 4) is 5.75 Å². The lowest BCUT2D eigenvalue weighted by Gasteiger charge is -2.15. The molecular formula is C22H23ClN2O4. The summed E-state index contributed by atoms with van der Waals surface area (Å²) < 4.78 is 5.50. The van der Waals surface area contributed by atoms with Crippen LogP contribution >= 0.6 is 11.6 Å². The minimum Gasteiger partial charge on any atom is -0.483 e. The number of carbonyl (C=O) groups is 3. The number of ketones is 1. The van der Waals surface area contributed by atoms with Crippen LogP contribution in [0.5, 0.6) is 5.75 Å². The molecule has 0 atom stereocenters. The number of para-hydroxylation sites is 1. The van der Waals surface area contributed by atoms with Gasteiger partial charge in [-0.15, -0.1) is 0 Å². The molecular weight excluding hydrogens is 392 g/mol. The highest BCUT2D eigenvalue weighted by atomic mass is 35.5. The molecule has 1 aliphatic carbocycles. The van der Waals surface area contributed by atoms with Crippen LogP contribution in [0.25, 0.3) is 0 Å². The van der Waals surface area contributed by atoms with Crippen molar-refractivity contribution in [3.05, 3.63) is 58.6 Å². The number of hydrogen-bond acceptors (Lipinski definition) is 4. The molecule has 1 fully saturated rings. The lowest BCUT2D eigenvalue weighted by atomic mass is 10.1. The highest BCUT2D eigenvalue weighted by molar-refractivity contribution is 6.31. The van der Waals surface area contributed by atoms with E-state index >= 15 is 0 Å². The molecule has 0 spiro atoms. The highest BCUT2D eigenvalue weighted by Crippen LogP contribution is 2.24. The van der Waals surface area contributed by atoms with Crippen LogP contribution in [0.4, 0.5) is 5.69 Å². The van der Waals surface area contributed by atoms with E-state index in [1.54, 1.807) is 36.4 Å². The van der Waals surface area contributed by atoms with E-state index in [0.29, 0.717) is 21.8 Å². The molecule has 0 heterocycles. The van der Waals surface area contributed by atoms with Crippen LogP contribution in [0.1, 0.15) is 53.3 Å². The Labute approximate surface area is 174 Å². The fourth-order valence-corrected chi connectivity index (χ4v) is 3.53. The van der Waals surface area contributed by atoms with Gasteiger partial charge in [0.15, 0.2) is 12.4 Å². The summed E-state index contributed by atoms with van der Waals surface area (Å²) in [6.07, 6.45) is 4.20. The first-order valence-corrected chi connectivity index (χ1v) is 9.95. The molecule has 1 aliphatic rings. The molecule has 0 saturated heterocycles. The van der Waals surface area contributed by atoms with E-state index in [2.05, 4.69) is 10.6 Å². The van der Waals surface area contributed by atoms with Gasteiger partial charge < -0.3 is 15.4 Å². The van der Waals surface area contributed by atoms with Crippen LogP contribution in [0.3, 0.4) is 0 Å². The van der Waals surface area contributed by atoms with Gasteiger partial charge in [-0.1, -0.05) is 36.6 Å². The third kappa shape index (κ3) is 5.57. The van der Waals surface area contributed by atoms with E-state index in [1.807, 2.05) is 0 Å². The minimum atomic E-state index is -0.435. The van der Waals surface area contributed by atoms with E-state index in [9.17, 15) is 14.4 Å². The SMILES string of the molecule is CC(=O)c1cc(Cl)ccc1OCC(=O)Nc1ccccc1C(=O)NC1CCCC1. The number of halogens is 1. The van der Waals surface area contributed by atoms with Crippen molar-refractivity contribution in [2.75, 3.05) is 11.9 Å². The summed E-state index contributed by atoms with van der Waals surface area (Å²) >= 11 is 5.91. The van der Waals surface area contributed by atoms with E-state index in [1.165, 1.54) is 13.0 Å². The first-order chi connectivity index (χ1) is 13.9. The second-order valence-corrected chi connectivity index (χ2v) is 7.47. The standard InChI is InChI=1S/C22H23ClN2O4/c1-14(26)18-12-15(23)10-11-20(18)29-13-21(27)25-19-9-5-4-8-17(19)22(28)24-16-6-2-3-7-16/h4-5,8-12,16H,2-3,6-7,13H2,1H3,(H,24,28)(H,25,27). The summed E-state index contributed by atoms with van der Waals surface area (Å²) in [6, 6.07) is 11.7. The first-order valence-electron chi connectivity index (χ1n) is 9.57. The Bertz CT molecular complexity index is 923. The van der Waals surface area contributed by atoms with Gasteiger partial charge in [0.1, 0.15) is 5.75 Å². The molecule has 29 heavy (non-hydrogen) atoms. The van der Waals surface area contributed by atoms with Crippen molar-refractivity contribution in [1.82, 2.24) is 5.32 Å². The van der Waals surface area contributed by atoms with Crippen LogP contribution in [0, 0.1) is 0 Å². The Kier molecular flexibility index (Phi) is 6.88. The second-order valence-electron chi connectivity index (χ2n) is 7.03. The van der Waals surface area contributed by atoms with Crippen molar-refractivity contribution in [1.29, 1.82) is 0 Å². The van der Waals surface area contributed by atoms with Gasteiger partial charge in [-0.3, -0.25) is 14.4 Å². The van der Waals surface area contributed by atoms with Crippen molar-refractivity contribution in [3.63, 3.8) is 0 Å². The number of nitrogens with one attached hydrogen (secondary N) is 2. The number of benzene rings is 2. The Balaban J connectivity index is 1.64. The summed E-state index contributed by atoms with van der Waals surface area (Å²) in [7, 11) is 0. The van der Waals surface area contributed by atoms with Crippen molar-refractivity contribution < 1.29 is 19.1 Å². The van der Waals surface area contributed by atoms with Crippen LogP contribution < -0.4 is 15.4 Å². The maximum absolute atomic E-state index is 12.6. The fourth-order valence-electron chi connectivity index (χ4n) is 3.36. The van der Waals surface area contributed by atoms with E-state index in [4.69, 9.17) is 16.3 Å². The van der Waals surface area contributed by atoms with Crippen LogP contribution in [-0.2, 0) is 4.79 Å². The average molecular weight is 415 g/mol. The Morgan fingerprint density at radius 3 is 2.52 bits per heavy atom. The number of hydrogen-bond donors (Lipinski definition) is 2. The molecule has 7 heteroatoms. The van der Waals surface area contributed by atoms with Crippen molar-refractivity contribution in [2.45, 2.75) is 38.6 Å². The molecule has 152 valence electrons. The molecule has 3 rings (SSSR count). The lowest BCUT2D eigenvalue weighted by Crippen LogP contribution is -2.33. The van der Waals surface area contributed by atoms with Gasteiger partial charge in [0.2, 0.25) is 0 Å². The summed E-state index contributed by atoms with van der Waals surface area (Å²) in [5, 5.41) is 6.14. The molecule has 0 unspecified atom stereocenters. The molecule has 0 radical (unpaired) electrons. The second kappa shape index (κ2) is 9.56. The van der Waals surface area contributed by atoms with Gasteiger partial charge in [-0.25, -0.2) is 0 Å². The van der Waals surface area contributed by atoms with Crippen LogP contribution in [0.2, 0.25) is 5.02 Å². The van der Waals surface area contributed by atoms with Gasteiger partial charge in [-0.05, 0) is 50.1 Å².